The molecule has 8 rings (SSSR count). The molecule has 2 aliphatic heterocycles. The first kappa shape index (κ1) is 44.4. The van der Waals surface area contributed by atoms with Crippen LogP contribution in [0.2, 0.25) is 0 Å². The van der Waals surface area contributed by atoms with Gasteiger partial charge in [-0.1, -0.05) is 12.2 Å². The molecule has 1 spiro atoms. The van der Waals surface area contributed by atoms with Crippen LogP contribution in [0.25, 0.3) is 22.1 Å². The highest BCUT2D eigenvalue weighted by Crippen LogP contribution is 2.39. The van der Waals surface area contributed by atoms with Crippen molar-refractivity contribution < 1.29 is 28.7 Å². The molecule has 0 saturated carbocycles. The molecule has 4 aromatic heterocycles. The van der Waals surface area contributed by atoms with Gasteiger partial charge in [0.2, 0.25) is 23.7 Å². The molecule has 0 bridgehead atoms. The summed E-state index contributed by atoms with van der Waals surface area (Å²) in [7, 11) is 1.46. The Hall–Kier alpha value is -7.26. The van der Waals surface area contributed by atoms with E-state index >= 15 is 0 Å². The first-order valence-electron chi connectivity index (χ1n) is 21.6. The molecule has 4 amide bonds. The van der Waals surface area contributed by atoms with Gasteiger partial charge in [0.05, 0.1) is 46.4 Å². The van der Waals surface area contributed by atoms with Crippen LogP contribution >= 0.6 is 0 Å². The van der Waals surface area contributed by atoms with Gasteiger partial charge < -0.3 is 46.0 Å². The number of likely N-dealkylation sites (tertiary alicyclic amines) is 1. The van der Waals surface area contributed by atoms with E-state index in [9.17, 15) is 19.2 Å². The van der Waals surface area contributed by atoms with E-state index in [1.807, 2.05) is 37.5 Å². The van der Waals surface area contributed by atoms with Crippen LogP contribution in [-0.2, 0) is 30.9 Å². The number of allylic oxidation sites excluding steroid dienone is 2. The van der Waals surface area contributed by atoms with E-state index in [2.05, 4.69) is 31.0 Å². The van der Waals surface area contributed by atoms with Gasteiger partial charge in [-0.3, -0.25) is 39.2 Å². The number of ether oxygens (including phenoxy) is 2. The van der Waals surface area contributed by atoms with Gasteiger partial charge in [-0.2, -0.15) is 10.2 Å². The number of benzene rings is 2. The van der Waals surface area contributed by atoms with Gasteiger partial charge >= 0.3 is 0 Å². The minimum Gasteiger partial charge on any atom is -0.494 e. The molecule has 6 aromatic rings. The van der Waals surface area contributed by atoms with E-state index in [1.165, 1.54) is 23.9 Å². The highest BCUT2D eigenvalue weighted by molar-refractivity contribution is 6.08. The summed E-state index contributed by atoms with van der Waals surface area (Å²) < 4.78 is 18.0. The largest absolute Gasteiger partial charge is 0.494 e. The second-order valence-electron chi connectivity index (χ2n) is 16.5. The van der Waals surface area contributed by atoms with Crippen LogP contribution in [0.4, 0.5) is 23.3 Å². The lowest BCUT2D eigenvalue weighted by Gasteiger charge is -2.52. The van der Waals surface area contributed by atoms with Crippen molar-refractivity contribution in [3.05, 3.63) is 76.4 Å². The summed E-state index contributed by atoms with van der Waals surface area (Å²) in [6.45, 7) is 13.5. The maximum Gasteiger partial charge on any atom is 0.278 e. The van der Waals surface area contributed by atoms with Crippen molar-refractivity contribution in [2.24, 2.45) is 16.9 Å². The lowest BCUT2D eigenvalue weighted by molar-refractivity contribution is -0.0786. The normalized spacial score (nSPS) is 14.9. The second kappa shape index (κ2) is 18.1. The van der Waals surface area contributed by atoms with Crippen molar-refractivity contribution in [1.82, 2.24) is 43.6 Å². The average molecular weight is 890 g/mol. The SMILES string of the molecule is CCn1nc(C)cc1C(=O)Nc1nc2cc(C(N)=O)cc(NCCN3CC4(CCOCC4)C3)c2n1C/C=C/Cn1c(NC(=O)c2c(N)c(C)nn2CC)nc2cc(C(N)=O)cc(OC)c21. The lowest BCUT2D eigenvalue weighted by Crippen LogP contribution is -2.59. The first-order valence-corrected chi connectivity index (χ1v) is 21.6. The molecule has 65 heavy (non-hydrogen) atoms. The number of hydrogen-bond donors (Lipinski definition) is 6. The Bertz CT molecular complexity index is 2850. The molecule has 0 radical (unpaired) electrons. The van der Waals surface area contributed by atoms with Crippen LogP contribution < -0.4 is 37.9 Å². The number of imidazole rings is 2. The number of anilines is 4. The van der Waals surface area contributed by atoms with Gasteiger partial charge in [0.15, 0.2) is 0 Å². The maximum absolute atomic E-state index is 13.9. The van der Waals surface area contributed by atoms with Crippen molar-refractivity contribution in [3.8, 4) is 5.75 Å². The molecule has 0 atom stereocenters. The number of methoxy groups -OCH3 is 1. The molecular weight excluding hydrogens is 835 g/mol. The molecule has 342 valence electrons. The van der Waals surface area contributed by atoms with E-state index in [4.69, 9.17) is 36.6 Å². The number of nitrogens with one attached hydrogen (secondary N) is 3. The summed E-state index contributed by atoms with van der Waals surface area (Å²) in [5, 5.41) is 18.3. The van der Waals surface area contributed by atoms with E-state index < -0.39 is 23.6 Å². The standard InChI is InChI=1S/C44H55N15O6/c1-6-58-32(18-25(3)53-58)40(62)51-42-49-30-20-27(38(46)60)19-29(48-12-15-55-23-44(24-55)10-16-65-17-11-44)35(30)56(42)13-8-9-14-57-36-31(21-28(39(47)61)22-33(36)64-5)50-43(57)52-41(63)37-34(45)26(4)54-59(37)7-2/h8-9,18-22,48H,6-7,10-17,23-24,45H2,1-5H3,(H2,46,60)(H2,47,61)(H,49,51,62)(H,50,52,63)/b9-8+. The fourth-order valence-corrected chi connectivity index (χ4v) is 8.87. The van der Waals surface area contributed by atoms with Crippen LogP contribution in [0.15, 0.2) is 42.5 Å². The van der Waals surface area contributed by atoms with Crippen molar-refractivity contribution in [3.63, 3.8) is 0 Å². The van der Waals surface area contributed by atoms with Gasteiger partial charge in [-0.25, -0.2) is 9.97 Å². The third-order valence-electron chi connectivity index (χ3n) is 12.2. The van der Waals surface area contributed by atoms with Gasteiger partial charge in [0.25, 0.3) is 11.8 Å². The van der Waals surface area contributed by atoms with Crippen molar-refractivity contribution >= 4 is 69.0 Å². The Labute approximate surface area is 374 Å². The molecule has 0 unspecified atom stereocenters. The van der Waals surface area contributed by atoms with Crippen LogP contribution in [0.1, 0.15) is 79.8 Å². The van der Waals surface area contributed by atoms with E-state index in [0.717, 1.165) is 45.7 Å². The van der Waals surface area contributed by atoms with Crippen LogP contribution in [0.5, 0.6) is 5.75 Å². The van der Waals surface area contributed by atoms with Gasteiger partial charge in [0, 0.05) is 82.1 Å². The molecule has 2 aliphatic rings. The fourth-order valence-electron chi connectivity index (χ4n) is 8.87. The third-order valence-corrected chi connectivity index (χ3v) is 12.2. The summed E-state index contributed by atoms with van der Waals surface area (Å²) >= 11 is 0. The second-order valence-corrected chi connectivity index (χ2v) is 16.5. The molecule has 2 aromatic carbocycles. The average Bonchev–Trinajstić information content (AvgIpc) is 4.02. The van der Waals surface area contributed by atoms with Crippen molar-refractivity contribution in [2.75, 3.05) is 68.2 Å². The van der Waals surface area contributed by atoms with Crippen LogP contribution in [-0.4, -0.2) is 114 Å². The van der Waals surface area contributed by atoms with Gasteiger partial charge in [-0.15, -0.1) is 0 Å². The number of aromatic nitrogens is 8. The predicted octanol–water partition coefficient (Wildman–Crippen LogP) is 3.51. The van der Waals surface area contributed by atoms with E-state index in [0.29, 0.717) is 75.6 Å². The summed E-state index contributed by atoms with van der Waals surface area (Å²) in [4.78, 5) is 64.6. The highest BCUT2D eigenvalue weighted by atomic mass is 16.5. The molecule has 21 nitrogen and oxygen atoms in total. The number of amides is 4. The Balaban J connectivity index is 1.14. The van der Waals surface area contributed by atoms with Crippen molar-refractivity contribution in [1.29, 1.82) is 0 Å². The summed E-state index contributed by atoms with van der Waals surface area (Å²) in [5.74, 6) is -1.55. The van der Waals surface area contributed by atoms with E-state index in [-0.39, 0.29) is 47.5 Å². The quantitative estimate of drug-likeness (QED) is 0.0717. The summed E-state index contributed by atoms with van der Waals surface area (Å²) in [6.07, 6.45) is 5.87. The number of rotatable bonds is 17. The molecule has 6 heterocycles. The zero-order chi connectivity index (χ0) is 46.2. The Morgan fingerprint density at radius 3 is 2.03 bits per heavy atom. The third kappa shape index (κ3) is 8.71. The molecule has 9 N–H and O–H groups in total. The van der Waals surface area contributed by atoms with E-state index in [1.54, 1.807) is 34.4 Å². The Morgan fingerprint density at radius 1 is 0.815 bits per heavy atom. The molecule has 0 aliphatic carbocycles. The number of aryl methyl sites for hydroxylation is 4. The summed E-state index contributed by atoms with van der Waals surface area (Å²) in [6, 6.07) is 8.08. The number of carbonyl (C=O) groups excluding carboxylic acids is 4. The fraction of sp³-hybridized carbons (Fsp3) is 0.409. The van der Waals surface area contributed by atoms with Crippen molar-refractivity contribution in [2.45, 2.75) is 66.7 Å². The summed E-state index contributed by atoms with van der Waals surface area (Å²) in [5.41, 5.74) is 23.1. The number of carbonyl (C=O) groups is 4. The maximum atomic E-state index is 13.9. The highest BCUT2D eigenvalue weighted by Gasteiger charge is 2.43. The predicted molar refractivity (Wildman–Crippen MR) is 245 cm³/mol. The molecule has 2 saturated heterocycles. The molecule has 21 heteroatoms. The lowest BCUT2D eigenvalue weighted by atomic mass is 9.73. The molecule has 2 fully saturated rings. The Morgan fingerprint density at radius 2 is 1.42 bits per heavy atom. The number of nitrogens with zero attached hydrogens (tertiary/aromatic N) is 9. The van der Waals surface area contributed by atoms with Gasteiger partial charge in [0.1, 0.15) is 22.7 Å². The van der Waals surface area contributed by atoms with Gasteiger partial charge in [-0.05, 0) is 70.9 Å². The topological polar surface area (TPSA) is 275 Å². The minimum absolute atomic E-state index is 0.148. The van der Waals surface area contributed by atoms with Crippen LogP contribution in [0.3, 0.4) is 0 Å². The number of hydrogen-bond acceptors (Lipinski definition) is 13. The first-order chi connectivity index (χ1) is 31.2. The Kier molecular flexibility index (Phi) is 12.3. The number of nitrogen functional groups attached to an aromatic ring is 1. The smallest absolute Gasteiger partial charge is 0.278 e. The number of nitrogens with two attached hydrogens (primary N) is 3. The van der Waals surface area contributed by atoms with Crippen LogP contribution in [0, 0.1) is 19.3 Å². The zero-order valence-electron chi connectivity index (χ0n) is 37.2. The zero-order valence-corrected chi connectivity index (χ0v) is 37.2. The molecular formula is C44H55N15O6. The minimum atomic E-state index is -0.675. The monoisotopic (exact) mass is 889 g/mol. The number of primary amides is 2. The number of fused-ring (bicyclic) bond motifs is 2.